The molecule has 1 atom stereocenters. The quantitative estimate of drug-likeness (QED) is 0.539. The van der Waals surface area contributed by atoms with Crippen LogP contribution in [0.4, 0.5) is 0 Å². The zero-order valence-electron chi connectivity index (χ0n) is 9.46. The molecule has 3 nitrogen and oxygen atoms in total. The molecule has 0 radical (unpaired) electrons. The normalized spacial score (nSPS) is 14.3. The summed E-state index contributed by atoms with van der Waals surface area (Å²) in [6.07, 6.45) is 1.87. The minimum Gasteiger partial charge on any atom is -0.309 e. The molecule has 4 heteroatoms. The van der Waals surface area contributed by atoms with Crippen LogP contribution in [-0.4, -0.2) is 13.2 Å². The minimum atomic E-state index is -3.03. The molecule has 1 aromatic carbocycles. The van der Waals surface area contributed by atoms with Gasteiger partial charge in [0.25, 0.3) is 0 Å². The van der Waals surface area contributed by atoms with Gasteiger partial charge in [0, 0.05) is 0 Å². The average Bonchev–Trinajstić information content (AvgIpc) is 2.28. The molecule has 16 heavy (non-hydrogen) atoms. The van der Waals surface area contributed by atoms with Crippen molar-refractivity contribution in [3.05, 3.63) is 48.6 Å². The maximum Gasteiger partial charge on any atom is 0.335 e. The Labute approximate surface area is 96.6 Å². The predicted octanol–water partition coefficient (Wildman–Crippen LogP) is 3.62. The van der Waals surface area contributed by atoms with Crippen LogP contribution in [0.3, 0.4) is 0 Å². The molecule has 0 bridgehead atoms. The molecule has 0 aliphatic carbocycles. The molecule has 1 rings (SSSR count). The second kappa shape index (κ2) is 6.64. The first-order valence-electron chi connectivity index (χ1n) is 5.23. The molecule has 0 saturated heterocycles. The van der Waals surface area contributed by atoms with Gasteiger partial charge in [-0.05, 0) is 12.5 Å². The summed E-state index contributed by atoms with van der Waals surface area (Å²) in [7, 11) is -3.03. The Bertz CT molecular complexity index is 362. The van der Waals surface area contributed by atoms with Gasteiger partial charge < -0.3 is 9.05 Å². The third-order valence-electron chi connectivity index (χ3n) is 1.93. The van der Waals surface area contributed by atoms with E-state index in [0.717, 1.165) is 5.56 Å². The van der Waals surface area contributed by atoms with Gasteiger partial charge in [0.05, 0.1) is 19.4 Å². The summed E-state index contributed by atoms with van der Waals surface area (Å²) in [6.45, 7) is 5.95. The van der Waals surface area contributed by atoms with E-state index >= 15 is 0 Å². The second-order valence-electron chi connectivity index (χ2n) is 3.26. The Hall–Kier alpha value is -0.890. The van der Waals surface area contributed by atoms with E-state index < -0.39 is 7.60 Å². The monoisotopic (exact) mass is 240 g/mol. The highest BCUT2D eigenvalue weighted by Gasteiger charge is 2.23. The van der Waals surface area contributed by atoms with Gasteiger partial charge in [0.15, 0.2) is 0 Å². The van der Waals surface area contributed by atoms with E-state index in [-0.39, 0.29) is 6.61 Å². The van der Waals surface area contributed by atoms with Crippen LogP contribution < -0.4 is 0 Å². The van der Waals surface area contributed by atoms with Gasteiger partial charge >= 0.3 is 7.60 Å². The fraction of sp³-hybridized carbons (Fsp3) is 0.333. The minimum absolute atomic E-state index is 0.240. The van der Waals surface area contributed by atoms with E-state index in [1.54, 1.807) is 13.0 Å². The smallest absolute Gasteiger partial charge is 0.309 e. The Kier molecular flexibility index (Phi) is 5.47. The molecular formula is C12H17O3P. The largest absolute Gasteiger partial charge is 0.335 e. The van der Waals surface area contributed by atoms with Crippen molar-refractivity contribution in [2.45, 2.75) is 13.1 Å². The lowest BCUT2D eigenvalue weighted by Gasteiger charge is -2.16. The second-order valence-corrected chi connectivity index (χ2v) is 5.31. The summed E-state index contributed by atoms with van der Waals surface area (Å²) in [5, 5.41) is 0. The molecule has 1 unspecified atom stereocenters. The average molecular weight is 240 g/mol. The summed E-state index contributed by atoms with van der Waals surface area (Å²) in [4.78, 5) is 0. The van der Waals surface area contributed by atoms with E-state index in [2.05, 4.69) is 6.58 Å². The van der Waals surface area contributed by atoms with Crippen LogP contribution in [0.1, 0.15) is 12.5 Å². The first-order valence-corrected chi connectivity index (χ1v) is 6.96. The third-order valence-corrected chi connectivity index (χ3v) is 3.88. The molecule has 0 saturated carbocycles. The van der Waals surface area contributed by atoms with Crippen LogP contribution in [0.5, 0.6) is 0 Å². The molecule has 0 fully saturated rings. The number of benzene rings is 1. The Morgan fingerprint density at radius 3 is 2.56 bits per heavy atom. The van der Waals surface area contributed by atoms with Crippen molar-refractivity contribution >= 4 is 7.60 Å². The third kappa shape index (κ3) is 4.31. The lowest BCUT2D eigenvalue weighted by atomic mass is 10.2. The van der Waals surface area contributed by atoms with Crippen molar-refractivity contribution in [1.82, 2.24) is 0 Å². The highest BCUT2D eigenvalue weighted by molar-refractivity contribution is 7.53. The Morgan fingerprint density at radius 2 is 2.00 bits per heavy atom. The van der Waals surface area contributed by atoms with Gasteiger partial charge in [-0.25, -0.2) is 0 Å². The molecule has 1 aromatic rings. The first-order chi connectivity index (χ1) is 7.70. The topological polar surface area (TPSA) is 35.5 Å². The van der Waals surface area contributed by atoms with Crippen molar-refractivity contribution in [2.24, 2.45) is 0 Å². The molecule has 0 aliphatic heterocycles. The van der Waals surface area contributed by atoms with Crippen molar-refractivity contribution in [1.29, 1.82) is 0 Å². The van der Waals surface area contributed by atoms with Crippen molar-refractivity contribution < 1.29 is 13.6 Å². The first kappa shape index (κ1) is 13.2. The fourth-order valence-electron chi connectivity index (χ4n) is 1.30. The zero-order valence-corrected chi connectivity index (χ0v) is 10.4. The molecule has 0 amide bonds. The Balaban J connectivity index is 2.70. The van der Waals surface area contributed by atoms with Gasteiger partial charge in [0.2, 0.25) is 0 Å². The molecule has 0 heterocycles. The maximum absolute atomic E-state index is 12.2. The van der Waals surface area contributed by atoms with Gasteiger partial charge in [-0.15, -0.1) is 6.58 Å². The van der Waals surface area contributed by atoms with Crippen LogP contribution in [0, 0.1) is 0 Å². The molecule has 0 spiro atoms. The zero-order chi connectivity index (χ0) is 11.9. The van der Waals surface area contributed by atoms with Crippen molar-refractivity contribution in [3.8, 4) is 0 Å². The summed E-state index contributed by atoms with van der Waals surface area (Å²) >= 11 is 0. The SMILES string of the molecule is C=CCOP(=O)(Cc1ccccc1)OCC. The summed E-state index contributed by atoms with van der Waals surface area (Å²) in [6, 6.07) is 9.53. The molecule has 0 aromatic heterocycles. The highest BCUT2D eigenvalue weighted by Crippen LogP contribution is 2.51. The summed E-state index contributed by atoms with van der Waals surface area (Å²) < 4.78 is 22.7. The van der Waals surface area contributed by atoms with Crippen molar-refractivity contribution in [2.75, 3.05) is 13.2 Å². The van der Waals surface area contributed by atoms with Crippen LogP contribution >= 0.6 is 7.60 Å². The molecular weight excluding hydrogens is 223 g/mol. The van der Waals surface area contributed by atoms with Gasteiger partial charge in [-0.3, -0.25) is 4.57 Å². The summed E-state index contributed by atoms with van der Waals surface area (Å²) in [5.41, 5.74) is 0.948. The molecule has 0 aliphatic rings. The predicted molar refractivity (Wildman–Crippen MR) is 65.5 cm³/mol. The Morgan fingerprint density at radius 1 is 1.31 bits per heavy atom. The number of hydrogen-bond donors (Lipinski definition) is 0. The number of hydrogen-bond acceptors (Lipinski definition) is 3. The fourth-order valence-corrected chi connectivity index (χ4v) is 2.94. The van der Waals surface area contributed by atoms with Crippen LogP contribution in [0.15, 0.2) is 43.0 Å². The van der Waals surface area contributed by atoms with Gasteiger partial charge in [0.1, 0.15) is 0 Å². The van der Waals surface area contributed by atoms with E-state index in [9.17, 15) is 4.57 Å². The standard InChI is InChI=1S/C12H17O3P/c1-3-10-15-16(13,14-4-2)11-12-8-6-5-7-9-12/h3,5-9H,1,4,10-11H2,2H3. The van der Waals surface area contributed by atoms with Crippen LogP contribution in [0.25, 0.3) is 0 Å². The van der Waals surface area contributed by atoms with Crippen LogP contribution in [0.2, 0.25) is 0 Å². The summed E-state index contributed by atoms with van der Waals surface area (Å²) in [5.74, 6) is 0. The lowest BCUT2D eigenvalue weighted by Crippen LogP contribution is -1.99. The van der Waals surface area contributed by atoms with Gasteiger partial charge in [-0.1, -0.05) is 36.4 Å². The lowest BCUT2D eigenvalue weighted by molar-refractivity contribution is 0.227. The van der Waals surface area contributed by atoms with E-state index in [4.69, 9.17) is 9.05 Å². The van der Waals surface area contributed by atoms with Crippen molar-refractivity contribution in [3.63, 3.8) is 0 Å². The number of rotatable bonds is 7. The van der Waals surface area contributed by atoms with E-state index in [1.807, 2.05) is 30.3 Å². The maximum atomic E-state index is 12.2. The van der Waals surface area contributed by atoms with E-state index in [1.165, 1.54) is 0 Å². The molecule has 88 valence electrons. The van der Waals surface area contributed by atoms with Gasteiger partial charge in [-0.2, -0.15) is 0 Å². The molecule has 0 N–H and O–H groups in total. The van der Waals surface area contributed by atoms with E-state index in [0.29, 0.717) is 12.8 Å². The van der Waals surface area contributed by atoms with Crippen LogP contribution in [-0.2, 0) is 19.8 Å². The highest BCUT2D eigenvalue weighted by atomic mass is 31.2.